The lowest BCUT2D eigenvalue weighted by Crippen LogP contribution is -2.46. The molecule has 0 aromatic carbocycles. The molecule has 0 amide bonds. The van der Waals surface area contributed by atoms with Crippen molar-refractivity contribution in [3.8, 4) is 5.88 Å². The molecule has 1 aliphatic rings. The fourth-order valence-corrected chi connectivity index (χ4v) is 2.99. The van der Waals surface area contributed by atoms with Gasteiger partial charge in [-0.1, -0.05) is 6.07 Å². The molecule has 7 nitrogen and oxygen atoms in total. The molecule has 8 heteroatoms. The number of nitrogens with one attached hydrogen (secondary N) is 1. The lowest BCUT2D eigenvalue weighted by molar-refractivity contribution is -0.149. The first-order chi connectivity index (χ1) is 13.0. The molecule has 158 valence electrons. The predicted octanol–water partition coefficient (Wildman–Crippen LogP) is 3.23. The number of halogens is 1. The Morgan fingerprint density at radius 3 is 2.57 bits per heavy atom. The van der Waals surface area contributed by atoms with E-state index in [9.17, 15) is 4.79 Å². The standard InChI is InChI=1S/C20H32N4O3.HI/c1-5-21-20(24-11-9-17(10-12-24)19(25)26-6-2)23-14-16-7-8-18(22-13-16)27-15(3)4;/h7-8,13,15,17H,5-6,9-12,14H2,1-4H3,(H,21,23);1H. The van der Waals surface area contributed by atoms with E-state index >= 15 is 0 Å². The average molecular weight is 504 g/mol. The number of piperidine rings is 1. The number of carbonyl (C=O) groups is 1. The summed E-state index contributed by atoms with van der Waals surface area (Å²) in [5.41, 5.74) is 1.03. The highest BCUT2D eigenvalue weighted by Crippen LogP contribution is 2.19. The first kappa shape index (κ1) is 24.5. The maximum Gasteiger partial charge on any atom is 0.309 e. The van der Waals surface area contributed by atoms with Gasteiger partial charge in [0.1, 0.15) is 0 Å². The van der Waals surface area contributed by atoms with Crippen molar-refractivity contribution in [2.75, 3.05) is 26.2 Å². The zero-order valence-electron chi connectivity index (χ0n) is 17.3. The van der Waals surface area contributed by atoms with Crippen molar-refractivity contribution in [1.29, 1.82) is 0 Å². The van der Waals surface area contributed by atoms with Crippen LogP contribution in [0.15, 0.2) is 23.3 Å². The van der Waals surface area contributed by atoms with Crippen LogP contribution in [0.1, 0.15) is 46.1 Å². The minimum absolute atomic E-state index is 0. The molecule has 2 rings (SSSR count). The molecule has 2 heterocycles. The van der Waals surface area contributed by atoms with Crippen LogP contribution in [0.4, 0.5) is 0 Å². The van der Waals surface area contributed by atoms with Crippen LogP contribution in [-0.4, -0.2) is 54.2 Å². The summed E-state index contributed by atoms with van der Waals surface area (Å²) in [5.74, 6) is 1.43. The van der Waals surface area contributed by atoms with E-state index in [0.29, 0.717) is 19.0 Å². The lowest BCUT2D eigenvalue weighted by Gasteiger charge is -2.33. The van der Waals surface area contributed by atoms with Crippen LogP contribution >= 0.6 is 24.0 Å². The fraction of sp³-hybridized carbons (Fsp3) is 0.650. The average Bonchev–Trinajstić information content (AvgIpc) is 2.66. The summed E-state index contributed by atoms with van der Waals surface area (Å²) in [7, 11) is 0. The molecule has 0 saturated carbocycles. The number of aliphatic imine (C=N–C) groups is 1. The molecule has 0 spiro atoms. The summed E-state index contributed by atoms with van der Waals surface area (Å²) in [6.07, 6.45) is 3.51. The third-order valence-electron chi connectivity index (χ3n) is 4.31. The number of carbonyl (C=O) groups excluding carboxylic acids is 1. The van der Waals surface area contributed by atoms with Gasteiger partial charge in [-0.3, -0.25) is 4.79 Å². The monoisotopic (exact) mass is 504 g/mol. The molecule has 0 unspecified atom stereocenters. The van der Waals surface area contributed by atoms with Crippen LogP contribution in [0.3, 0.4) is 0 Å². The molecular formula is C20H33IN4O3. The van der Waals surface area contributed by atoms with Gasteiger partial charge in [0.25, 0.3) is 0 Å². The zero-order valence-corrected chi connectivity index (χ0v) is 19.6. The summed E-state index contributed by atoms with van der Waals surface area (Å²) in [6.45, 7) is 11.3. The first-order valence-corrected chi connectivity index (χ1v) is 9.85. The van der Waals surface area contributed by atoms with E-state index in [1.165, 1.54) is 0 Å². The second-order valence-electron chi connectivity index (χ2n) is 6.85. The molecule has 1 fully saturated rings. The second-order valence-corrected chi connectivity index (χ2v) is 6.85. The number of pyridine rings is 1. The lowest BCUT2D eigenvalue weighted by atomic mass is 9.97. The van der Waals surface area contributed by atoms with Gasteiger partial charge in [0.15, 0.2) is 5.96 Å². The highest BCUT2D eigenvalue weighted by atomic mass is 127. The van der Waals surface area contributed by atoms with Gasteiger partial charge >= 0.3 is 5.97 Å². The van der Waals surface area contributed by atoms with Gasteiger partial charge in [-0.05, 0) is 46.1 Å². The minimum Gasteiger partial charge on any atom is -0.475 e. The van der Waals surface area contributed by atoms with E-state index in [0.717, 1.165) is 44.0 Å². The Bertz CT molecular complexity index is 614. The van der Waals surface area contributed by atoms with Gasteiger partial charge in [-0.15, -0.1) is 24.0 Å². The third-order valence-corrected chi connectivity index (χ3v) is 4.31. The van der Waals surface area contributed by atoms with Gasteiger partial charge in [-0.2, -0.15) is 0 Å². The molecule has 1 aromatic heterocycles. The van der Waals surface area contributed by atoms with E-state index in [1.807, 2.05) is 32.9 Å². The van der Waals surface area contributed by atoms with Gasteiger partial charge in [-0.25, -0.2) is 9.98 Å². The molecule has 1 saturated heterocycles. The maximum atomic E-state index is 11.9. The van der Waals surface area contributed by atoms with Crippen molar-refractivity contribution in [1.82, 2.24) is 15.2 Å². The maximum absolute atomic E-state index is 11.9. The number of guanidine groups is 1. The van der Waals surface area contributed by atoms with Gasteiger partial charge in [0.05, 0.1) is 25.2 Å². The van der Waals surface area contributed by atoms with E-state index in [-0.39, 0.29) is 42.0 Å². The summed E-state index contributed by atoms with van der Waals surface area (Å²) >= 11 is 0. The van der Waals surface area contributed by atoms with Crippen molar-refractivity contribution >= 4 is 35.9 Å². The molecule has 0 atom stereocenters. The number of hydrogen-bond donors (Lipinski definition) is 1. The number of hydrogen-bond acceptors (Lipinski definition) is 5. The number of rotatable bonds is 7. The van der Waals surface area contributed by atoms with Crippen molar-refractivity contribution in [3.63, 3.8) is 0 Å². The summed E-state index contributed by atoms with van der Waals surface area (Å²) in [5, 5.41) is 3.34. The Morgan fingerprint density at radius 1 is 1.32 bits per heavy atom. The van der Waals surface area contributed by atoms with Crippen LogP contribution in [0.25, 0.3) is 0 Å². The minimum atomic E-state index is -0.0751. The highest BCUT2D eigenvalue weighted by Gasteiger charge is 2.27. The molecule has 28 heavy (non-hydrogen) atoms. The number of likely N-dealkylation sites (tertiary alicyclic amines) is 1. The number of aromatic nitrogens is 1. The molecule has 1 aromatic rings. The van der Waals surface area contributed by atoms with Crippen molar-refractivity contribution < 1.29 is 14.3 Å². The third kappa shape index (κ3) is 7.81. The van der Waals surface area contributed by atoms with Crippen LogP contribution < -0.4 is 10.1 Å². The normalized spacial score (nSPS) is 15.2. The number of esters is 1. The van der Waals surface area contributed by atoms with E-state index < -0.39 is 0 Å². The highest BCUT2D eigenvalue weighted by molar-refractivity contribution is 14.0. The summed E-state index contributed by atoms with van der Waals surface area (Å²) in [4.78, 5) is 23.2. The predicted molar refractivity (Wildman–Crippen MR) is 121 cm³/mol. The first-order valence-electron chi connectivity index (χ1n) is 9.85. The summed E-state index contributed by atoms with van der Waals surface area (Å²) < 4.78 is 10.7. The van der Waals surface area contributed by atoms with Crippen LogP contribution in [0.2, 0.25) is 0 Å². The Labute approximate surface area is 185 Å². The topological polar surface area (TPSA) is 76.1 Å². The largest absolute Gasteiger partial charge is 0.475 e. The Balaban J connectivity index is 0.00000392. The molecular weight excluding hydrogens is 471 g/mol. The number of ether oxygens (including phenoxy) is 2. The van der Waals surface area contributed by atoms with E-state index in [2.05, 4.69) is 22.1 Å². The Hall–Kier alpha value is -1.58. The van der Waals surface area contributed by atoms with Gasteiger partial charge < -0.3 is 19.7 Å². The van der Waals surface area contributed by atoms with E-state index in [4.69, 9.17) is 14.5 Å². The van der Waals surface area contributed by atoms with Crippen LogP contribution in [0, 0.1) is 5.92 Å². The van der Waals surface area contributed by atoms with Crippen molar-refractivity contribution in [3.05, 3.63) is 23.9 Å². The Morgan fingerprint density at radius 2 is 2.04 bits per heavy atom. The summed E-state index contributed by atoms with van der Waals surface area (Å²) in [6, 6.07) is 3.87. The van der Waals surface area contributed by atoms with Crippen molar-refractivity contribution in [2.45, 2.75) is 53.2 Å². The fourth-order valence-electron chi connectivity index (χ4n) is 2.99. The molecule has 0 aliphatic carbocycles. The molecule has 0 radical (unpaired) electrons. The molecule has 1 N–H and O–H groups in total. The SMILES string of the molecule is CCNC(=NCc1ccc(OC(C)C)nc1)N1CCC(C(=O)OCC)CC1.I. The number of nitrogens with zero attached hydrogens (tertiary/aromatic N) is 3. The van der Waals surface area contributed by atoms with Crippen LogP contribution in [0.5, 0.6) is 5.88 Å². The molecule has 0 bridgehead atoms. The quantitative estimate of drug-likeness (QED) is 0.266. The zero-order chi connectivity index (χ0) is 19.6. The second kappa shape index (κ2) is 12.8. The van der Waals surface area contributed by atoms with Crippen molar-refractivity contribution in [2.24, 2.45) is 10.9 Å². The molecule has 1 aliphatic heterocycles. The Kier molecular flexibility index (Phi) is 11.2. The van der Waals surface area contributed by atoms with E-state index in [1.54, 1.807) is 6.20 Å². The smallest absolute Gasteiger partial charge is 0.309 e. The van der Waals surface area contributed by atoms with Gasteiger partial charge in [0.2, 0.25) is 5.88 Å². The van der Waals surface area contributed by atoms with Gasteiger partial charge in [0, 0.05) is 31.9 Å². The van der Waals surface area contributed by atoms with Crippen LogP contribution in [-0.2, 0) is 16.1 Å².